The molecule has 7 nitrogen and oxygen atoms in total. The third kappa shape index (κ3) is 5.31. The Hall–Kier alpha value is -3.59. The molecule has 1 aliphatic rings. The molecule has 174 valence electrons. The monoisotopic (exact) mass is 477 g/mol. The number of carbonyl (C=O) groups is 1. The Morgan fingerprint density at radius 2 is 2.00 bits per heavy atom. The molecule has 9 heteroatoms. The lowest BCUT2D eigenvalue weighted by atomic mass is 10.1. The highest BCUT2D eigenvalue weighted by Gasteiger charge is 2.16. The van der Waals surface area contributed by atoms with Gasteiger partial charge in [-0.3, -0.25) is 4.79 Å². The average Bonchev–Trinajstić information content (AvgIpc) is 3.38. The van der Waals surface area contributed by atoms with E-state index in [0.29, 0.717) is 17.1 Å². The molecule has 1 aliphatic heterocycles. The predicted molar refractivity (Wildman–Crippen MR) is 128 cm³/mol. The molecule has 3 heterocycles. The Balaban J connectivity index is 1.19. The maximum atomic E-state index is 13.0. The predicted octanol–water partition coefficient (Wildman–Crippen LogP) is 5.03. The van der Waals surface area contributed by atoms with Crippen LogP contribution < -0.4 is 10.1 Å². The van der Waals surface area contributed by atoms with E-state index in [9.17, 15) is 9.18 Å². The number of amides is 1. The van der Waals surface area contributed by atoms with E-state index in [-0.39, 0.29) is 24.8 Å². The second-order valence-corrected chi connectivity index (χ2v) is 9.13. The van der Waals surface area contributed by atoms with E-state index in [0.717, 1.165) is 48.0 Å². The lowest BCUT2D eigenvalue weighted by Gasteiger charge is -2.09. The number of aromatic nitrogens is 4. The smallest absolute Gasteiger partial charge is 0.230 e. The molecule has 4 aromatic rings. The summed E-state index contributed by atoms with van der Waals surface area (Å²) in [6, 6.07) is 13.5. The third-order valence-corrected chi connectivity index (χ3v) is 6.50. The zero-order valence-electron chi connectivity index (χ0n) is 18.5. The molecular weight excluding hydrogens is 453 g/mol. The fourth-order valence-electron chi connectivity index (χ4n) is 3.98. The van der Waals surface area contributed by atoms with E-state index in [4.69, 9.17) is 4.74 Å². The number of hydrogen-bond donors (Lipinski definition) is 1. The average molecular weight is 478 g/mol. The quantitative estimate of drug-likeness (QED) is 0.404. The zero-order chi connectivity index (χ0) is 23.3. The highest BCUT2D eigenvalue weighted by atomic mass is 32.1. The summed E-state index contributed by atoms with van der Waals surface area (Å²) < 4.78 is 20.8. The number of nitrogens with zero attached hydrogens (tertiary/aromatic N) is 4. The standard InChI is InChI=1S/C25H24FN5O2S/c26-18-8-10-21(11-9-18)33-15-24-28-20(16-34-24)14-23(32)27-19-6-4-5-17(13-19)25-30-29-22-7-2-1-3-12-31(22)25/h4-6,8-11,13,16H,1-3,7,12,14-15H2,(H,27,32). The molecule has 1 amide bonds. The van der Waals surface area contributed by atoms with Gasteiger partial charge in [-0.15, -0.1) is 21.5 Å². The summed E-state index contributed by atoms with van der Waals surface area (Å²) in [5.41, 5.74) is 2.33. The number of fused-ring (bicyclic) bond motifs is 1. The van der Waals surface area contributed by atoms with Crippen LogP contribution in [0.1, 0.15) is 35.8 Å². The van der Waals surface area contributed by atoms with Crippen LogP contribution in [0, 0.1) is 5.82 Å². The summed E-state index contributed by atoms with van der Waals surface area (Å²) in [7, 11) is 0. The summed E-state index contributed by atoms with van der Waals surface area (Å²) >= 11 is 1.43. The first kappa shape index (κ1) is 22.2. The van der Waals surface area contributed by atoms with Crippen LogP contribution in [-0.4, -0.2) is 25.7 Å². The van der Waals surface area contributed by atoms with Crippen LogP contribution >= 0.6 is 11.3 Å². The molecule has 5 rings (SSSR count). The molecule has 1 N–H and O–H groups in total. The van der Waals surface area contributed by atoms with Gasteiger partial charge in [0.15, 0.2) is 5.82 Å². The number of thiazole rings is 1. The van der Waals surface area contributed by atoms with Crippen molar-refractivity contribution in [1.29, 1.82) is 0 Å². The Morgan fingerprint density at radius 3 is 2.88 bits per heavy atom. The van der Waals surface area contributed by atoms with Crippen LogP contribution in [0.2, 0.25) is 0 Å². The van der Waals surface area contributed by atoms with E-state index in [2.05, 4.69) is 25.1 Å². The van der Waals surface area contributed by atoms with Gasteiger partial charge in [-0.2, -0.15) is 0 Å². The lowest BCUT2D eigenvalue weighted by Crippen LogP contribution is -2.14. The minimum atomic E-state index is -0.309. The van der Waals surface area contributed by atoms with Crippen LogP contribution in [0.4, 0.5) is 10.1 Å². The SMILES string of the molecule is O=C(Cc1csc(COc2ccc(F)cc2)n1)Nc1cccc(-c2nnc3n2CCCCC3)c1. The summed E-state index contributed by atoms with van der Waals surface area (Å²) in [5, 5.41) is 14.3. The van der Waals surface area contributed by atoms with Gasteiger partial charge in [-0.25, -0.2) is 9.37 Å². The van der Waals surface area contributed by atoms with Crippen molar-refractivity contribution >= 4 is 22.9 Å². The van der Waals surface area contributed by atoms with Crippen molar-refractivity contribution in [2.75, 3.05) is 5.32 Å². The Morgan fingerprint density at radius 1 is 1.12 bits per heavy atom. The second-order valence-electron chi connectivity index (χ2n) is 8.18. The van der Waals surface area contributed by atoms with E-state index in [1.807, 2.05) is 29.6 Å². The first-order chi connectivity index (χ1) is 16.6. The van der Waals surface area contributed by atoms with E-state index < -0.39 is 0 Å². The molecule has 0 atom stereocenters. The maximum absolute atomic E-state index is 13.0. The van der Waals surface area contributed by atoms with Crippen LogP contribution in [-0.2, 0) is 30.8 Å². The number of benzene rings is 2. The van der Waals surface area contributed by atoms with Crippen LogP contribution in [0.15, 0.2) is 53.9 Å². The van der Waals surface area contributed by atoms with Gasteiger partial charge in [0, 0.05) is 29.6 Å². The molecule has 2 aromatic carbocycles. The van der Waals surface area contributed by atoms with Gasteiger partial charge in [0.05, 0.1) is 12.1 Å². The molecule has 34 heavy (non-hydrogen) atoms. The molecule has 0 bridgehead atoms. The zero-order valence-corrected chi connectivity index (χ0v) is 19.4. The Bertz CT molecular complexity index is 1280. The largest absolute Gasteiger partial charge is 0.486 e. The van der Waals surface area contributed by atoms with Gasteiger partial charge in [0.1, 0.15) is 29.0 Å². The van der Waals surface area contributed by atoms with Crippen LogP contribution in [0.5, 0.6) is 5.75 Å². The van der Waals surface area contributed by atoms with E-state index >= 15 is 0 Å². The molecular formula is C25H24FN5O2S. The first-order valence-electron chi connectivity index (χ1n) is 11.3. The fraction of sp³-hybridized carbons (Fsp3) is 0.280. The molecule has 0 spiro atoms. The number of nitrogens with one attached hydrogen (secondary N) is 1. The summed E-state index contributed by atoms with van der Waals surface area (Å²) in [5.74, 6) is 1.99. The molecule has 0 unspecified atom stereocenters. The van der Waals surface area contributed by atoms with Crippen molar-refractivity contribution in [3.05, 3.63) is 76.3 Å². The third-order valence-electron chi connectivity index (χ3n) is 5.63. The van der Waals surface area contributed by atoms with Gasteiger partial charge in [-0.1, -0.05) is 18.6 Å². The van der Waals surface area contributed by atoms with Crippen molar-refractivity contribution in [3.8, 4) is 17.1 Å². The van der Waals surface area contributed by atoms with Crippen molar-refractivity contribution in [2.45, 2.75) is 45.3 Å². The first-order valence-corrected chi connectivity index (χ1v) is 12.2. The van der Waals surface area contributed by atoms with Gasteiger partial charge in [0.2, 0.25) is 5.91 Å². The fourth-order valence-corrected chi connectivity index (χ4v) is 4.68. The topological polar surface area (TPSA) is 81.9 Å². The van der Waals surface area contributed by atoms with Gasteiger partial charge >= 0.3 is 0 Å². The number of hydrogen-bond acceptors (Lipinski definition) is 6. The Kier molecular flexibility index (Phi) is 6.62. The van der Waals surface area contributed by atoms with Gasteiger partial charge < -0.3 is 14.6 Å². The van der Waals surface area contributed by atoms with Crippen molar-refractivity contribution in [1.82, 2.24) is 19.7 Å². The highest BCUT2D eigenvalue weighted by Crippen LogP contribution is 2.25. The summed E-state index contributed by atoms with van der Waals surface area (Å²) in [6.07, 6.45) is 4.59. The molecule has 2 aromatic heterocycles. The summed E-state index contributed by atoms with van der Waals surface area (Å²) in [6.45, 7) is 1.19. The molecule has 0 saturated heterocycles. The Labute approximate surface area is 200 Å². The van der Waals surface area contributed by atoms with E-state index in [1.165, 1.54) is 29.9 Å². The number of halogens is 1. The number of carbonyl (C=O) groups excluding carboxylic acids is 1. The lowest BCUT2D eigenvalue weighted by molar-refractivity contribution is -0.115. The molecule has 0 radical (unpaired) electrons. The van der Waals surface area contributed by atoms with E-state index in [1.54, 1.807) is 12.1 Å². The number of rotatable bonds is 7. The van der Waals surface area contributed by atoms with Crippen molar-refractivity contribution in [3.63, 3.8) is 0 Å². The maximum Gasteiger partial charge on any atom is 0.230 e. The second kappa shape index (κ2) is 10.1. The number of aryl methyl sites for hydroxylation is 1. The minimum absolute atomic E-state index is 0.145. The van der Waals surface area contributed by atoms with Crippen molar-refractivity contribution < 1.29 is 13.9 Å². The minimum Gasteiger partial charge on any atom is -0.486 e. The highest BCUT2D eigenvalue weighted by molar-refractivity contribution is 7.09. The molecule has 0 fully saturated rings. The molecule has 0 saturated carbocycles. The summed E-state index contributed by atoms with van der Waals surface area (Å²) in [4.78, 5) is 17.1. The van der Waals surface area contributed by atoms with Gasteiger partial charge in [0.25, 0.3) is 0 Å². The van der Waals surface area contributed by atoms with Crippen LogP contribution in [0.3, 0.4) is 0 Å². The van der Waals surface area contributed by atoms with Crippen LogP contribution in [0.25, 0.3) is 11.4 Å². The van der Waals surface area contributed by atoms with Gasteiger partial charge in [-0.05, 0) is 49.2 Å². The normalized spacial score (nSPS) is 13.2. The number of anilines is 1. The number of ether oxygens (including phenoxy) is 1. The van der Waals surface area contributed by atoms with Crippen molar-refractivity contribution in [2.24, 2.45) is 0 Å². The molecule has 0 aliphatic carbocycles.